The molecule has 0 fully saturated rings. The molecule has 1 aromatic heterocycles. The van der Waals surface area contributed by atoms with Crippen molar-refractivity contribution in [1.29, 1.82) is 0 Å². The molecule has 23 heavy (non-hydrogen) atoms. The zero-order chi connectivity index (χ0) is 17.0. The summed E-state index contributed by atoms with van der Waals surface area (Å²) in [6.07, 6.45) is 0. The fraction of sp³-hybridized carbons (Fsp3) is 0.312. The molecule has 0 bridgehead atoms. The number of carbonyl (C=O) groups is 2. The highest BCUT2D eigenvalue weighted by molar-refractivity contribution is 7.14. The molecule has 0 aliphatic carbocycles. The van der Waals surface area contributed by atoms with E-state index in [1.54, 1.807) is 7.05 Å². The van der Waals surface area contributed by atoms with E-state index in [9.17, 15) is 9.59 Å². The summed E-state index contributed by atoms with van der Waals surface area (Å²) in [5.41, 5.74) is 2.97. The van der Waals surface area contributed by atoms with Crippen LogP contribution in [0.3, 0.4) is 0 Å². The lowest BCUT2D eigenvalue weighted by Crippen LogP contribution is -2.40. The number of aryl methyl sites for hydroxylation is 1. The first-order valence-corrected chi connectivity index (χ1v) is 8.00. The number of hydrogen-bond donors (Lipinski definition) is 2. The summed E-state index contributed by atoms with van der Waals surface area (Å²) in [5.74, 6) is -1.25. The van der Waals surface area contributed by atoms with Crippen LogP contribution in [-0.4, -0.2) is 46.5 Å². The van der Waals surface area contributed by atoms with Crippen LogP contribution in [0.25, 0.3) is 11.3 Å². The first-order chi connectivity index (χ1) is 10.9. The van der Waals surface area contributed by atoms with Gasteiger partial charge in [0, 0.05) is 10.9 Å². The van der Waals surface area contributed by atoms with Gasteiger partial charge in [-0.1, -0.05) is 29.8 Å². The van der Waals surface area contributed by atoms with E-state index in [-0.39, 0.29) is 12.5 Å². The first-order valence-electron chi connectivity index (χ1n) is 7.12. The van der Waals surface area contributed by atoms with Gasteiger partial charge in [0.15, 0.2) is 5.13 Å². The molecule has 2 N–H and O–H groups in total. The quantitative estimate of drug-likeness (QED) is 0.848. The minimum atomic E-state index is -0.962. The van der Waals surface area contributed by atoms with Crippen LogP contribution in [0.5, 0.6) is 0 Å². The Kier molecular flexibility index (Phi) is 5.46. The third-order valence-electron chi connectivity index (χ3n) is 3.51. The predicted molar refractivity (Wildman–Crippen MR) is 90.6 cm³/mol. The number of benzene rings is 1. The lowest BCUT2D eigenvalue weighted by atomic mass is 10.1. The van der Waals surface area contributed by atoms with Gasteiger partial charge >= 0.3 is 5.97 Å². The number of rotatable bonds is 6. The standard InChI is InChI=1S/C16H19N3O3S/c1-10-4-6-12(7-5-10)13-9-23-16(17-13)18-14(20)8-19(3)11(2)15(21)22/h4-7,9,11H,8H2,1-3H3,(H,21,22)(H,17,18,20). The number of amides is 1. The summed E-state index contributed by atoms with van der Waals surface area (Å²) in [7, 11) is 1.60. The van der Waals surface area contributed by atoms with Gasteiger partial charge in [0.05, 0.1) is 12.2 Å². The molecule has 2 aromatic rings. The highest BCUT2D eigenvalue weighted by atomic mass is 32.1. The maximum Gasteiger partial charge on any atom is 0.320 e. The first kappa shape index (κ1) is 17.1. The Morgan fingerprint density at radius 1 is 1.35 bits per heavy atom. The highest BCUT2D eigenvalue weighted by Gasteiger charge is 2.19. The summed E-state index contributed by atoms with van der Waals surface area (Å²) in [5, 5.41) is 14.0. The molecule has 0 saturated heterocycles. The second kappa shape index (κ2) is 7.34. The van der Waals surface area contributed by atoms with Gasteiger partial charge in [0.2, 0.25) is 5.91 Å². The third kappa shape index (κ3) is 4.61. The average Bonchev–Trinajstić information content (AvgIpc) is 2.95. The summed E-state index contributed by atoms with van der Waals surface area (Å²) < 4.78 is 0. The van der Waals surface area contributed by atoms with E-state index < -0.39 is 12.0 Å². The van der Waals surface area contributed by atoms with Crippen LogP contribution >= 0.6 is 11.3 Å². The topological polar surface area (TPSA) is 82.5 Å². The van der Waals surface area contributed by atoms with Crippen LogP contribution in [0.15, 0.2) is 29.6 Å². The molecule has 0 aliphatic rings. The number of aromatic nitrogens is 1. The van der Waals surface area contributed by atoms with Crippen LogP contribution < -0.4 is 5.32 Å². The Morgan fingerprint density at radius 3 is 2.61 bits per heavy atom. The monoisotopic (exact) mass is 333 g/mol. The third-order valence-corrected chi connectivity index (χ3v) is 4.27. The fourth-order valence-electron chi connectivity index (χ4n) is 1.90. The number of aliphatic carboxylic acids is 1. The number of carboxylic acids is 1. The fourth-order valence-corrected chi connectivity index (χ4v) is 2.63. The van der Waals surface area contributed by atoms with Gasteiger partial charge in [-0.2, -0.15) is 0 Å². The van der Waals surface area contributed by atoms with E-state index in [1.165, 1.54) is 28.7 Å². The second-order valence-electron chi connectivity index (χ2n) is 5.38. The Labute approximate surface area is 138 Å². The Bertz CT molecular complexity index is 697. The number of carbonyl (C=O) groups excluding carboxylic acids is 1. The van der Waals surface area contributed by atoms with Crippen molar-refractivity contribution in [3.8, 4) is 11.3 Å². The molecule has 0 radical (unpaired) electrons. The van der Waals surface area contributed by atoms with Gasteiger partial charge in [-0.25, -0.2) is 4.98 Å². The van der Waals surface area contributed by atoms with Crippen LogP contribution in [0.2, 0.25) is 0 Å². The number of nitrogens with one attached hydrogen (secondary N) is 1. The van der Waals surface area contributed by atoms with E-state index in [1.807, 2.05) is 36.6 Å². The number of nitrogens with zero attached hydrogens (tertiary/aromatic N) is 2. The predicted octanol–water partition coefficient (Wildman–Crippen LogP) is 2.46. The van der Waals surface area contributed by atoms with E-state index in [0.29, 0.717) is 5.13 Å². The van der Waals surface area contributed by atoms with Crippen molar-refractivity contribution in [2.45, 2.75) is 19.9 Å². The van der Waals surface area contributed by atoms with E-state index in [4.69, 9.17) is 5.11 Å². The minimum Gasteiger partial charge on any atom is -0.480 e. The molecule has 6 nitrogen and oxygen atoms in total. The van der Waals surface area contributed by atoms with Gasteiger partial charge in [-0.15, -0.1) is 11.3 Å². The number of likely N-dealkylation sites (N-methyl/N-ethyl adjacent to an activating group) is 1. The molecule has 1 amide bonds. The molecular weight excluding hydrogens is 314 g/mol. The summed E-state index contributed by atoms with van der Waals surface area (Å²) in [4.78, 5) is 28.7. The minimum absolute atomic E-state index is 0.00703. The van der Waals surface area contributed by atoms with Crippen LogP contribution in [0, 0.1) is 6.92 Å². The normalized spacial score (nSPS) is 12.2. The number of carboxylic acid groups (broad SMARTS) is 1. The smallest absolute Gasteiger partial charge is 0.320 e. The van der Waals surface area contributed by atoms with Gasteiger partial charge in [-0.05, 0) is 20.9 Å². The Balaban J connectivity index is 1.97. The van der Waals surface area contributed by atoms with Crippen LogP contribution in [0.1, 0.15) is 12.5 Å². The largest absolute Gasteiger partial charge is 0.480 e. The molecule has 1 heterocycles. The number of hydrogen-bond acceptors (Lipinski definition) is 5. The van der Waals surface area contributed by atoms with Crippen molar-refractivity contribution in [3.05, 3.63) is 35.2 Å². The van der Waals surface area contributed by atoms with E-state index in [2.05, 4.69) is 10.3 Å². The zero-order valence-electron chi connectivity index (χ0n) is 13.2. The molecule has 1 atom stereocenters. The molecular formula is C16H19N3O3S. The summed E-state index contributed by atoms with van der Waals surface area (Å²) in [6.45, 7) is 3.55. The highest BCUT2D eigenvalue weighted by Crippen LogP contribution is 2.25. The van der Waals surface area contributed by atoms with E-state index >= 15 is 0 Å². The average molecular weight is 333 g/mol. The lowest BCUT2D eigenvalue weighted by molar-refractivity contribution is -0.142. The molecule has 0 aliphatic heterocycles. The summed E-state index contributed by atoms with van der Waals surface area (Å²) >= 11 is 1.34. The molecule has 1 aromatic carbocycles. The van der Waals surface area contributed by atoms with Crippen LogP contribution in [-0.2, 0) is 9.59 Å². The van der Waals surface area contributed by atoms with Crippen molar-refractivity contribution in [1.82, 2.24) is 9.88 Å². The molecule has 2 rings (SSSR count). The Morgan fingerprint density at radius 2 is 2.00 bits per heavy atom. The van der Waals surface area contributed by atoms with Crippen molar-refractivity contribution < 1.29 is 14.7 Å². The van der Waals surface area contributed by atoms with Gasteiger partial charge in [0.25, 0.3) is 0 Å². The van der Waals surface area contributed by atoms with Crippen molar-refractivity contribution in [2.75, 3.05) is 18.9 Å². The van der Waals surface area contributed by atoms with Crippen molar-refractivity contribution >= 4 is 28.3 Å². The zero-order valence-corrected chi connectivity index (χ0v) is 14.1. The Hall–Kier alpha value is -2.25. The molecule has 0 spiro atoms. The van der Waals surface area contributed by atoms with Gasteiger partial charge in [0.1, 0.15) is 6.04 Å². The number of anilines is 1. The van der Waals surface area contributed by atoms with Crippen molar-refractivity contribution in [2.24, 2.45) is 0 Å². The maximum atomic E-state index is 12.0. The molecule has 7 heteroatoms. The maximum absolute atomic E-state index is 12.0. The van der Waals surface area contributed by atoms with Crippen LogP contribution in [0.4, 0.5) is 5.13 Å². The van der Waals surface area contributed by atoms with Crippen molar-refractivity contribution in [3.63, 3.8) is 0 Å². The molecule has 0 saturated carbocycles. The van der Waals surface area contributed by atoms with Gasteiger partial charge < -0.3 is 10.4 Å². The van der Waals surface area contributed by atoms with Gasteiger partial charge in [-0.3, -0.25) is 14.5 Å². The lowest BCUT2D eigenvalue weighted by Gasteiger charge is -2.19. The molecule has 122 valence electrons. The number of thiazole rings is 1. The SMILES string of the molecule is Cc1ccc(-c2csc(NC(=O)CN(C)C(C)C(=O)O)n2)cc1. The van der Waals surface area contributed by atoms with E-state index in [0.717, 1.165) is 11.3 Å². The summed E-state index contributed by atoms with van der Waals surface area (Å²) in [6, 6.07) is 7.27. The molecule has 1 unspecified atom stereocenters. The second-order valence-corrected chi connectivity index (χ2v) is 6.24.